The lowest BCUT2D eigenvalue weighted by molar-refractivity contribution is 0.0405. The van der Waals surface area contributed by atoms with Gasteiger partial charge in [-0.1, -0.05) is 0 Å². The Morgan fingerprint density at radius 3 is 2.48 bits per heavy atom. The van der Waals surface area contributed by atoms with Crippen LogP contribution in [0.15, 0.2) is 36.1 Å². The summed E-state index contributed by atoms with van der Waals surface area (Å²) in [6, 6.07) is 4.46. The highest BCUT2D eigenvalue weighted by Crippen LogP contribution is 2.91. The van der Waals surface area contributed by atoms with Crippen molar-refractivity contribution in [3.8, 4) is 10.6 Å². The van der Waals surface area contributed by atoms with Crippen molar-refractivity contribution < 1.29 is 9.59 Å². The number of carbonyl (C=O) groups is 2. The molecule has 42 heavy (non-hydrogen) atoms. The van der Waals surface area contributed by atoms with Crippen molar-refractivity contribution in [2.75, 3.05) is 23.8 Å². The molecule has 4 atom stereocenters. The summed E-state index contributed by atoms with van der Waals surface area (Å²) < 4.78 is 0. The van der Waals surface area contributed by atoms with Gasteiger partial charge in [-0.3, -0.25) is 9.59 Å². The molecule has 4 aromatic rings. The summed E-state index contributed by atoms with van der Waals surface area (Å²) >= 11 is 3.16. The Morgan fingerprint density at radius 1 is 1.05 bits per heavy atom. The first-order valence-corrected chi connectivity index (χ1v) is 15.8. The number of nitrogens with zero attached hydrogens (tertiary/aromatic N) is 8. The van der Waals surface area contributed by atoms with Gasteiger partial charge >= 0.3 is 0 Å². The van der Waals surface area contributed by atoms with Crippen molar-refractivity contribution in [3.63, 3.8) is 0 Å². The predicted molar refractivity (Wildman–Crippen MR) is 158 cm³/mol. The number of thiazole rings is 2. The number of aromatic nitrogens is 5. The first kappa shape index (κ1) is 24.6. The van der Waals surface area contributed by atoms with Crippen LogP contribution in [-0.4, -0.2) is 83.8 Å². The molecule has 2 aliphatic heterocycles. The van der Waals surface area contributed by atoms with Gasteiger partial charge in [-0.2, -0.15) is 0 Å². The average Bonchev–Trinajstić information content (AvgIpc) is 3.92. The van der Waals surface area contributed by atoms with Gasteiger partial charge in [0.2, 0.25) is 5.95 Å². The Morgan fingerprint density at radius 2 is 1.83 bits per heavy atom. The number of hydrogen-bond donors (Lipinski definition) is 1. The normalized spacial score (nSPS) is 27.7. The smallest absolute Gasteiger partial charge is 0.256 e. The van der Waals surface area contributed by atoms with Crippen LogP contribution < -0.4 is 10.2 Å². The predicted octanol–water partition coefficient (Wildman–Crippen LogP) is 3.90. The molecule has 5 aliphatic rings. The topological polar surface area (TPSA) is 120 Å². The van der Waals surface area contributed by atoms with Gasteiger partial charge in [-0.05, 0) is 45.2 Å². The Hall–Kier alpha value is -3.97. The van der Waals surface area contributed by atoms with Crippen molar-refractivity contribution in [3.05, 3.63) is 57.9 Å². The lowest BCUT2D eigenvalue weighted by atomic mass is 10.0. The van der Waals surface area contributed by atoms with E-state index in [2.05, 4.69) is 35.1 Å². The molecular formula is C29H27N9O2S2. The number of amides is 2. The van der Waals surface area contributed by atoms with Crippen molar-refractivity contribution >= 4 is 51.4 Å². The summed E-state index contributed by atoms with van der Waals surface area (Å²) in [4.78, 5) is 56.3. The molecule has 6 heterocycles. The van der Waals surface area contributed by atoms with Crippen LogP contribution in [0.5, 0.6) is 0 Å². The molecule has 2 saturated heterocycles. The molecule has 1 N–H and O–H groups in total. The van der Waals surface area contributed by atoms with E-state index < -0.39 is 0 Å². The Balaban J connectivity index is 0.863. The van der Waals surface area contributed by atoms with Crippen LogP contribution in [0, 0.1) is 19.3 Å². The zero-order chi connectivity index (χ0) is 28.5. The maximum absolute atomic E-state index is 13.6. The SMILES string of the molecule is Cc1nc(C)c(-c2csc(Nc3ccc(C(=O)N4[C@@H]5C6N(c7ncc(C(=O)N(C)C8CC8)cn7)C[C@]47CC657)cn3)n2)s1. The summed E-state index contributed by atoms with van der Waals surface area (Å²) in [5.41, 5.74) is 3.07. The quantitative estimate of drug-likeness (QED) is 0.338. The van der Waals surface area contributed by atoms with Crippen molar-refractivity contribution in [1.82, 2.24) is 34.7 Å². The fraction of sp³-hybridized carbons (Fsp3) is 0.414. The zero-order valence-corrected chi connectivity index (χ0v) is 24.9. The van der Waals surface area contributed by atoms with Crippen LogP contribution in [0.25, 0.3) is 10.6 Å². The maximum Gasteiger partial charge on any atom is 0.256 e. The Bertz CT molecular complexity index is 1800. The summed E-state index contributed by atoms with van der Waals surface area (Å²) in [6.45, 7) is 4.73. The summed E-state index contributed by atoms with van der Waals surface area (Å²) in [6.07, 6.45) is 8.11. The van der Waals surface area contributed by atoms with E-state index in [0.717, 1.165) is 52.2 Å². The van der Waals surface area contributed by atoms with Gasteiger partial charge < -0.3 is 20.0 Å². The second-order valence-electron chi connectivity index (χ2n) is 12.1. The number of fused-ring (bicyclic) bond motifs is 1. The summed E-state index contributed by atoms with van der Waals surface area (Å²) in [7, 11) is 1.84. The standard InChI is InChI=1S/C29H27N9O2S2/c1-14-21(42-15(2)33-14)19-11-41-27(34-19)35-20-7-4-16(8-30-20)25(40)38-23-22-29(23)12-28(29,38)13-37(22)26-31-9-17(10-32-26)24(39)36(3)18-5-6-18/h4,7-11,18,22-23H,5-6,12-13H2,1-3H3,(H,30,34,35)/t22?,23-,28+,29?/m1/s1. The van der Waals surface area contributed by atoms with E-state index >= 15 is 0 Å². The first-order chi connectivity index (χ1) is 20.3. The molecule has 0 aromatic carbocycles. The third-order valence-electron chi connectivity index (χ3n) is 9.74. The highest BCUT2D eigenvalue weighted by Gasteiger charge is 3.04. The van der Waals surface area contributed by atoms with Gasteiger partial charge in [0, 0.05) is 49.0 Å². The van der Waals surface area contributed by atoms with E-state index in [1.165, 1.54) is 11.3 Å². The number of rotatable bonds is 7. The van der Waals surface area contributed by atoms with Crippen molar-refractivity contribution in [2.24, 2.45) is 5.41 Å². The molecule has 3 aliphatic carbocycles. The average molecular weight is 598 g/mol. The third-order valence-corrected chi connectivity index (χ3v) is 11.6. The molecular weight excluding hydrogens is 571 g/mol. The lowest BCUT2D eigenvalue weighted by Crippen LogP contribution is -2.60. The van der Waals surface area contributed by atoms with Gasteiger partial charge in [0.25, 0.3) is 11.8 Å². The highest BCUT2D eigenvalue weighted by molar-refractivity contribution is 7.16. The number of hydrogen-bond acceptors (Lipinski definition) is 11. The zero-order valence-electron chi connectivity index (χ0n) is 23.2. The van der Waals surface area contributed by atoms with Crippen LogP contribution in [-0.2, 0) is 0 Å². The number of nitrogens with one attached hydrogen (secondary N) is 1. The molecule has 212 valence electrons. The summed E-state index contributed by atoms with van der Waals surface area (Å²) in [5.74, 6) is 1.30. The van der Waals surface area contributed by atoms with Crippen molar-refractivity contribution in [2.45, 2.75) is 56.8 Å². The molecule has 5 fully saturated rings. The van der Waals surface area contributed by atoms with Crippen molar-refractivity contribution in [1.29, 1.82) is 0 Å². The van der Waals surface area contributed by atoms with Crippen LogP contribution in [0.1, 0.15) is 50.7 Å². The number of carbonyl (C=O) groups excluding carboxylic acids is 2. The second kappa shape index (κ2) is 8.10. The minimum Gasteiger partial charge on any atom is -0.339 e. The number of aryl methyl sites for hydroxylation is 2. The van der Waals surface area contributed by atoms with E-state index in [4.69, 9.17) is 4.98 Å². The fourth-order valence-electron chi connectivity index (χ4n) is 7.56. The minimum absolute atomic E-state index is 0.0262. The Labute approximate surface area is 249 Å². The van der Waals surface area contributed by atoms with Gasteiger partial charge in [-0.15, -0.1) is 22.7 Å². The molecule has 4 aromatic heterocycles. The van der Waals surface area contributed by atoms with Crippen LogP contribution in [0.4, 0.5) is 16.9 Å². The maximum atomic E-state index is 13.6. The first-order valence-electron chi connectivity index (χ1n) is 14.1. The molecule has 0 bridgehead atoms. The number of piperazine rings is 1. The minimum atomic E-state index is -0.134. The number of anilines is 3. The molecule has 3 saturated carbocycles. The molecule has 2 unspecified atom stereocenters. The Kier molecular flexibility index (Phi) is 4.75. The molecule has 11 nitrogen and oxygen atoms in total. The van der Waals surface area contributed by atoms with E-state index in [1.54, 1.807) is 34.8 Å². The highest BCUT2D eigenvalue weighted by atomic mass is 32.1. The van der Waals surface area contributed by atoms with Gasteiger partial charge in [0.15, 0.2) is 5.13 Å². The molecule has 2 amide bonds. The third kappa shape index (κ3) is 3.17. The second-order valence-corrected chi connectivity index (χ2v) is 14.2. The molecule has 1 spiro atoms. The molecule has 9 rings (SSSR count). The number of likely N-dealkylation sites (tertiary alicyclic amines) is 1. The van der Waals surface area contributed by atoms with E-state index in [9.17, 15) is 9.59 Å². The largest absolute Gasteiger partial charge is 0.339 e. The van der Waals surface area contributed by atoms with Gasteiger partial charge in [0.1, 0.15) is 5.82 Å². The fourth-order valence-corrected chi connectivity index (χ4v) is 9.23. The van der Waals surface area contributed by atoms with E-state index in [-0.39, 0.29) is 34.9 Å². The van der Waals surface area contributed by atoms with Crippen LogP contribution in [0.3, 0.4) is 0 Å². The van der Waals surface area contributed by atoms with Gasteiger partial charge in [-0.25, -0.2) is 24.9 Å². The molecule has 0 radical (unpaired) electrons. The lowest BCUT2D eigenvalue weighted by Gasteiger charge is -2.44. The van der Waals surface area contributed by atoms with E-state index in [1.807, 2.05) is 38.4 Å². The van der Waals surface area contributed by atoms with Crippen LogP contribution in [0.2, 0.25) is 0 Å². The monoisotopic (exact) mass is 597 g/mol. The number of pyridine rings is 1. The van der Waals surface area contributed by atoms with E-state index in [0.29, 0.717) is 28.9 Å². The summed E-state index contributed by atoms with van der Waals surface area (Å²) in [5, 5.41) is 7.05. The number of piperidine rings is 3. The van der Waals surface area contributed by atoms with Crippen LogP contribution >= 0.6 is 22.7 Å². The van der Waals surface area contributed by atoms with Gasteiger partial charge in [0.05, 0.1) is 50.0 Å². The molecule has 13 heteroatoms.